The number of carboxylic acid groups (broad SMARTS) is 1. The van der Waals surface area contributed by atoms with Gasteiger partial charge in [0.05, 0.1) is 18.1 Å². The lowest BCUT2D eigenvalue weighted by Crippen LogP contribution is -2.40. The molecule has 0 bridgehead atoms. The van der Waals surface area contributed by atoms with E-state index in [1.165, 1.54) is 24.3 Å². The summed E-state index contributed by atoms with van der Waals surface area (Å²) in [5, 5.41) is 22.9. The minimum absolute atomic E-state index is 0.0591. The number of nitro benzene ring substituents is 1. The number of ether oxygens (including phenoxy) is 3. The van der Waals surface area contributed by atoms with Gasteiger partial charge in [0, 0.05) is 44.0 Å². The van der Waals surface area contributed by atoms with Gasteiger partial charge in [-0.2, -0.15) is 0 Å². The molecule has 0 aromatic heterocycles. The molecule has 2 aromatic rings. The third kappa shape index (κ3) is 11.1. The Bertz CT molecular complexity index is 998. The summed E-state index contributed by atoms with van der Waals surface area (Å²) < 4.78 is 16.7. The highest BCUT2D eigenvalue weighted by atomic mass is 16.6. The van der Waals surface area contributed by atoms with Crippen LogP contribution in [0.4, 0.5) is 16.2 Å². The average Bonchev–Trinajstić information content (AvgIpc) is 2.90. The third-order valence-electron chi connectivity index (χ3n) is 5.63. The number of non-ortho nitro benzene ring substituents is 1. The van der Waals surface area contributed by atoms with E-state index in [0.29, 0.717) is 37.8 Å². The fourth-order valence-electron chi connectivity index (χ4n) is 3.54. The molecule has 11 heteroatoms. The molecule has 0 fully saturated rings. The van der Waals surface area contributed by atoms with Crippen LogP contribution in [0.15, 0.2) is 48.5 Å². The Labute approximate surface area is 222 Å². The van der Waals surface area contributed by atoms with E-state index in [1.807, 2.05) is 0 Å². The summed E-state index contributed by atoms with van der Waals surface area (Å²) in [4.78, 5) is 36.1. The number of hydrogen-bond acceptors (Lipinski definition) is 7. The van der Waals surface area contributed by atoms with Crippen LogP contribution in [0.25, 0.3) is 0 Å². The highest BCUT2D eigenvalue weighted by Crippen LogP contribution is 2.17. The van der Waals surface area contributed by atoms with Crippen LogP contribution in [0.1, 0.15) is 38.7 Å². The van der Waals surface area contributed by atoms with Gasteiger partial charge < -0.3 is 29.5 Å². The number of benzene rings is 2. The van der Waals surface area contributed by atoms with Gasteiger partial charge in [-0.15, -0.1) is 0 Å². The number of amides is 2. The first-order valence-electron chi connectivity index (χ1n) is 12.8. The van der Waals surface area contributed by atoms with Crippen LogP contribution < -0.4 is 10.1 Å². The number of hydrogen-bond donors (Lipinski definition) is 2. The third-order valence-corrected chi connectivity index (χ3v) is 5.63. The van der Waals surface area contributed by atoms with Gasteiger partial charge in [0.2, 0.25) is 0 Å². The zero-order valence-electron chi connectivity index (χ0n) is 22.0. The van der Waals surface area contributed by atoms with Gasteiger partial charge >= 0.3 is 12.0 Å². The molecule has 11 nitrogen and oxygen atoms in total. The Balaban J connectivity index is 1.92. The molecule has 0 heterocycles. The molecule has 2 amide bonds. The number of rotatable bonds is 18. The number of anilines is 1. The van der Waals surface area contributed by atoms with Crippen LogP contribution >= 0.6 is 0 Å². The lowest BCUT2D eigenvalue weighted by atomic mass is 10.1. The molecule has 0 spiro atoms. The molecule has 2 aromatic carbocycles. The molecular formula is C27H37N3O8. The summed E-state index contributed by atoms with van der Waals surface area (Å²) in [6.07, 6.45) is 2.48. The smallest absolute Gasteiger partial charge is 0.333 e. The molecule has 0 aliphatic heterocycles. The normalized spacial score (nSPS) is 11.5. The Kier molecular flexibility index (Phi) is 13.6. The number of nitrogens with zero attached hydrogens (tertiary/aromatic N) is 2. The monoisotopic (exact) mass is 531 g/mol. The minimum atomic E-state index is -1.01. The van der Waals surface area contributed by atoms with E-state index < -0.39 is 17.0 Å². The zero-order valence-corrected chi connectivity index (χ0v) is 22.0. The van der Waals surface area contributed by atoms with Crippen molar-refractivity contribution in [2.24, 2.45) is 0 Å². The van der Waals surface area contributed by atoms with Crippen LogP contribution in [0.5, 0.6) is 5.75 Å². The molecule has 0 saturated heterocycles. The van der Waals surface area contributed by atoms with Crippen molar-refractivity contribution in [2.75, 3.05) is 44.8 Å². The molecule has 38 heavy (non-hydrogen) atoms. The first-order valence-corrected chi connectivity index (χ1v) is 12.8. The van der Waals surface area contributed by atoms with E-state index in [-0.39, 0.29) is 31.3 Å². The highest BCUT2D eigenvalue weighted by molar-refractivity contribution is 5.89. The number of urea groups is 1. The SMILES string of the molecule is CCCCCOCCN(CCOc1ccc(CC(OCC)C(=O)O)cc1)C(=O)Nc1ccc([N+](=O)[O-])cc1. The topological polar surface area (TPSA) is 140 Å². The molecule has 0 radical (unpaired) electrons. The first kappa shape index (κ1) is 30.5. The molecule has 1 unspecified atom stereocenters. The van der Waals surface area contributed by atoms with Crippen molar-refractivity contribution in [3.63, 3.8) is 0 Å². The average molecular weight is 532 g/mol. The predicted octanol–water partition coefficient (Wildman–Crippen LogP) is 4.75. The Morgan fingerprint density at radius 2 is 1.68 bits per heavy atom. The lowest BCUT2D eigenvalue weighted by molar-refractivity contribution is -0.384. The molecule has 2 N–H and O–H groups in total. The summed E-state index contributed by atoms with van der Waals surface area (Å²) in [7, 11) is 0. The van der Waals surface area contributed by atoms with Crippen LogP contribution in [0.3, 0.4) is 0 Å². The maximum atomic E-state index is 12.9. The van der Waals surface area contributed by atoms with Crippen molar-refractivity contribution in [2.45, 2.75) is 45.6 Å². The van der Waals surface area contributed by atoms with E-state index in [1.54, 1.807) is 36.1 Å². The van der Waals surface area contributed by atoms with Crippen molar-refractivity contribution in [1.29, 1.82) is 0 Å². The second-order valence-corrected chi connectivity index (χ2v) is 8.52. The maximum Gasteiger partial charge on any atom is 0.333 e. The predicted molar refractivity (Wildman–Crippen MR) is 143 cm³/mol. The molecule has 0 aliphatic rings. The van der Waals surface area contributed by atoms with E-state index in [2.05, 4.69) is 12.2 Å². The summed E-state index contributed by atoms with van der Waals surface area (Å²) >= 11 is 0. The van der Waals surface area contributed by atoms with E-state index >= 15 is 0 Å². The Hall–Kier alpha value is -3.70. The Morgan fingerprint density at radius 1 is 1.00 bits per heavy atom. The second kappa shape index (κ2) is 16.9. The van der Waals surface area contributed by atoms with Gasteiger partial charge in [-0.05, 0) is 43.2 Å². The maximum absolute atomic E-state index is 12.9. The molecule has 0 saturated carbocycles. The van der Waals surface area contributed by atoms with E-state index in [9.17, 15) is 24.8 Å². The first-order chi connectivity index (χ1) is 18.3. The quantitative estimate of drug-likeness (QED) is 0.160. The number of nitro groups is 1. The van der Waals surface area contributed by atoms with E-state index in [0.717, 1.165) is 24.8 Å². The fraction of sp³-hybridized carbons (Fsp3) is 0.481. The standard InChI is InChI=1S/C27H37N3O8/c1-3-5-6-17-36-18-15-29(27(33)28-22-9-11-23(12-10-22)30(34)35)16-19-38-24-13-7-21(8-14-24)20-25(26(31)32)37-4-2/h7-14,25H,3-6,15-20H2,1-2H3,(H,28,33)(H,31,32). The van der Waals surface area contributed by atoms with Crippen LogP contribution in [-0.4, -0.2) is 72.6 Å². The van der Waals surface area contributed by atoms with E-state index in [4.69, 9.17) is 14.2 Å². The summed E-state index contributed by atoms with van der Waals surface area (Å²) in [6.45, 7) is 6.03. The van der Waals surface area contributed by atoms with Crippen molar-refractivity contribution < 1.29 is 33.8 Å². The number of nitrogens with one attached hydrogen (secondary N) is 1. The number of aliphatic carboxylic acids is 1. The molecule has 1 atom stereocenters. The zero-order chi connectivity index (χ0) is 27.8. The fourth-order valence-corrected chi connectivity index (χ4v) is 3.54. The number of carboxylic acids is 1. The lowest BCUT2D eigenvalue weighted by Gasteiger charge is -2.23. The van der Waals surface area contributed by atoms with Gasteiger partial charge in [0.15, 0.2) is 6.10 Å². The van der Waals surface area contributed by atoms with Crippen molar-refractivity contribution >= 4 is 23.4 Å². The van der Waals surface area contributed by atoms with Gasteiger partial charge in [0.1, 0.15) is 12.4 Å². The van der Waals surface area contributed by atoms with Gasteiger partial charge in [-0.3, -0.25) is 10.1 Å². The van der Waals surface area contributed by atoms with Crippen molar-refractivity contribution in [3.8, 4) is 5.75 Å². The number of unbranched alkanes of at least 4 members (excludes halogenated alkanes) is 2. The van der Waals surface area contributed by atoms with Crippen molar-refractivity contribution in [3.05, 3.63) is 64.2 Å². The molecular weight excluding hydrogens is 494 g/mol. The largest absolute Gasteiger partial charge is 0.492 e. The van der Waals surface area contributed by atoms with Crippen LogP contribution in [0.2, 0.25) is 0 Å². The van der Waals surface area contributed by atoms with Gasteiger partial charge in [-0.25, -0.2) is 9.59 Å². The number of carbonyl (C=O) groups is 2. The summed E-state index contributed by atoms with van der Waals surface area (Å²) in [5.41, 5.74) is 1.19. The van der Waals surface area contributed by atoms with Crippen molar-refractivity contribution in [1.82, 2.24) is 4.90 Å². The number of carbonyl (C=O) groups excluding carboxylic acids is 1. The minimum Gasteiger partial charge on any atom is -0.492 e. The molecule has 208 valence electrons. The van der Waals surface area contributed by atoms with Crippen LogP contribution in [-0.2, 0) is 20.7 Å². The summed E-state index contributed by atoms with van der Waals surface area (Å²) in [5.74, 6) is -0.419. The molecule has 0 aliphatic carbocycles. The summed E-state index contributed by atoms with van der Waals surface area (Å²) in [6, 6.07) is 12.3. The van der Waals surface area contributed by atoms with Gasteiger partial charge in [0.25, 0.3) is 5.69 Å². The van der Waals surface area contributed by atoms with Crippen LogP contribution in [0, 0.1) is 10.1 Å². The molecule has 2 rings (SSSR count). The second-order valence-electron chi connectivity index (χ2n) is 8.52. The highest BCUT2D eigenvalue weighted by Gasteiger charge is 2.18. The Morgan fingerprint density at radius 3 is 2.29 bits per heavy atom. The van der Waals surface area contributed by atoms with Gasteiger partial charge in [-0.1, -0.05) is 31.9 Å².